The van der Waals surface area contributed by atoms with Crippen LogP contribution in [0.15, 0.2) is 89.1 Å². The lowest BCUT2D eigenvalue weighted by atomic mass is 9.98. The highest BCUT2D eigenvalue weighted by Crippen LogP contribution is 2.34. The molecule has 1 N–H and O–H groups in total. The van der Waals surface area contributed by atoms with E-state index in [0.717, 1.165) is 22.6 Å². The first-order chi connectivity index (χ1) is 17.1. The van der Waals surface area contributed by atoms with Gasteiger partial charge in [-0.1, -0.05) is 54.2 Å². The number of carbonyl (C=O) groups is 1. The number of thioether (sulfide) groups is 1. The third-order valence-electron chi connectivity index (χ3n) is 5.63. The van der Waals surface area contributed by atoms with Gasteiger partial charge >= 0.3 is 0 Å². The van der Waals surface area contributed by atoms with Gasteiger partial charge in [0.1, 0.15) is 11.5 Å². The lowest BCUT2D eigenvalue weighted by Gasteiger charge is -2.22. The zero-order chi connectivity index (χ0) is 24.2. The Kier molecular flexibility index (Phi) is 6.44. The zero-order valence-electron chi connectivity index (χ0n) is 18.9. The van der Waals surface area contributed by atoms with Crippen molar-refractivity contribution in [3.05, 3.63) is 90.0 Å². The molecule has 1 atom stereocenters. The first-order valence-electron chi connectivity index (χ1n) is 10.9. The molecule has 0 radical (unpaired) electrons. The Bertz CT molecular complexity index is 1340. The first kappa shape index (κ1) is 22.6. The lowest BCUT2D eigenvalue weighted by molar-refractivity contribution is -0.130. The number of ether oxygens (including phenoxy) is 1. The van der Waals surface area contributed by atoms with Gasteiger partial charge in [-0.3, -0.25) is 4.79 Å². The van der Waals surface area contributed by atoms with Gasteiger partial charge in [0.15, 0.2) is 0 Å². The largest absolute Gasteiger partial charge is 0.508 e. The van der Waals surface area contributed by atoms with Crippen LogP contribution in [0, 0.1) is 0 Å². The number of hydrogen-bond acceptors (Lipinski definition) is 8. The predicted molar refractivity (Wildman–Crippen MR) is 132 cm³/mol. The van der Waals surface area contributed by atoms with Gasteiger partial charge in [0.25, 0.3) is 5.91 Å². The van der Waals surface area contributed by atoms with E-state index in [2.05, 4.69) is 15.5 Å². The number of methoxy groups -OCH3 is 1. The molecule has 35 heavy (non-hydrogen) atoms. The Labute approximate surface area is 206 Å². The molecule has 1 aromatic heterocycles. The monoisotopic (exact) mass is 486 g/mol. The van der Waals surface area contributed by atoms with E-state index in [1.165, 1.54) is 16.4 Å². The molecule has 0 saturated carbocycles. The average molecular weight is 487 g/mol. The van der Waals surface area contributed by atoms with E-state index in [4.69, 9.17) is 9.84 Å². The smallest absolute Gasteiger partial charge is 0.253 e. The molecule has 4 aromatic rings. The van der Waals surface area contributed by atoms with Crippen molar-refractivity contribution in [3.63, 3.8) is 0 Å². The standard InChI is InChI=1S/C25H22N6O3S/c1-34-21-13-7-18(8-14-21)23-15-22(17-5-3-2-4-6-17)27-31(23)24(33)16-35-25-26-28-29-30(25)19-9-11-20(32)12-10-19/h2-14,23,32H,15-16H2,1H3. The Hall–Kier alpha value is -4.18. The first-order valence-corrected chi connectivity index (χ1v) is 11.9. The van der Waals surface area contributed by atoms with Gasteiger partial charge in [0, 0.05) is 6.42 Å². The van der Waals surface area contributed by atoms with Gasteiger partial charge in [0.05, 0.1) is 30.3 Å². The summed E-state index contributed by atoms with van der Waals surface area (Å²) in [4.78, 5) is 13.4. The molecule has 10 heteroatoms. The summed E-state index contributed by atoms with van der Waals surface area (Å²) < 4.78 is 6.81. The average Bonchev–Trinajstić information content (AvgIpc) is 3.56. The number of aromatic hydroxyl groups is 1. The summed E-state index contributed by atoms with van der Waals surface area (Å²) >= 11 is 1.23. The molecule has 3 aromatic carbocycles. The third kappa shape index (κ3) is 4.87. The second-order valence-electron chi connectivity index (χ2n) is 7.82. The molecule has 9 nitrogen and oxygen atoms in total. The van der Waals surface area contributed by atoms with Crippen molar-refractivity contribution >= 4 is 23.4 Å². The molecule has 5 rings (SSSR count). The van der Waals surface area contributed by atoms with Crippen molar-refractivity contribution < 1.29 is 14.6 Å². The maximum absolute atomic E-state index is 13.4. The number of aromatic nitrogens is 4. The van der Waals surface area contributed by atoms with Crippen LogP contribution >= 0.6 is 11.8 Å². The highest BCUT2D eigenvalue weighted by molar-refractivity contribution is 7.99. The van der Waals surface area contributed by atoms with Crippen molar-refractivity contribution in [1.29, 1.82) is 0 Å². The summed E-state index contributed by atoms with van der Waals surface area (Å²) in [6.45, 7) is 0. The molecule has 1 aliphatic heterocycles. The molecule has 0 aliphatic carbocycles. The third-order valence-corrected chi connectivity index (χ3v) is 6.54. The van der Waals surface area contributed by atoms with Gasteiger partial charge in [-0.25, -0.2) is 5.01 Å². The number of nitrogens with zero attached hydrogens (tertiary/aromatic N) is 6. The van der Waals surface area contributed by atoms with Crippen LogP contribution in [0.25, 0.3) is 5.69 Å². The quantitative estimate of drug-likeness (QED) is 0.396. The highest BCUT2D eigenvalue weighted by Gasteiger charge is 2.33. The Morgan fingerprint density at radius 3 is 2.51 bits per heavy atom. The van der Waals surface area contributed by atoms with E-state index >= 15 is 0 Å². The summed E-state index contributed by atoms with van der Waals surface area (Å²) in [7, 11) is 1.63. The molecule has 0 saturated heterocycles. The van der Waals surface area contributed by atoms with Crippen LogP contribution in [0.2, 0.25) is 0 Å². The maximum atomic E-state index is 13.4. The molecule has 0 bridgehead atoms. The van der Waals surface area contributed by atoms with Crippen LogP contribution in [0.3, 0.4) is 0 Å². The summed E-state index contributed by atoms with van der Waals surface area (Å²) in [5.41, 5.74) is 3.51. The van der Waals surface area contributed by atoms with Gasteiger partial charge < -0.3 is 9.84 Å². The predicted octanol–water partition coefficient (Wildman–Crippen LogP) is 3.85. The van der Waals surface area contributed by atoms with Gasteiger partial charge in [-0.2, -0.15) is 9.78 Å². The fraction of sp³-hybridized carbons (Fsp3) is 0.160. The summed E-state index contributed by atoms with van der Waals surface area (Å²) in [5, 5.41) is 28.1. The van der Waals surface area contributed by atoms with E-state index in [1.54, 1.807) is 36.4 Å². The number of tetrazole rings is 1. The molecular formula is C25H22N6O3S. The Balaban J connectivity index is 1.37. The van der Waals surface area contributed by atoms with E-state index in [9.17, 15) is 9.90 Å². The van der Waals surface area contributed by atoms with Crippen LogP contribution in [0.1, 0.15) is 23.6 Å². The molecule has 2 heterocycles. The molecule has 1 unspecified atom stereocenters. The summed E-state index contributed by atoms with van der Waals surface area (Å²) in [5.74, 6) is 0.862. The van der Waals surface area contributed by atoms with Crippen molar-refractivity contribution in [2.75, 3.05) is 12.9 Å². The van der Waals surface area contributed by atoms with Gasteiger partial charge in [-0.15, -0.1) is 5.10 Å². The number of rotatable bonds is 7. The molecule has 0 fully saturated rings. The minimum Gasteiger partial charge on any atom is -0.508 e. The maximum Gasteiger partial charge on any atom is 0.253 e. The minimum atomic E-state index is -0.225. The van der Waals surface area contributed by atoms with E-state index < -0.39 is 0 Å². The van der Waals surface area contributed by atoms with Crippen molar-refractivity contribution in [2.24, 2.45) is 5.10 Å². The van der Waals surface area contributed by atoms with Crippen LogP contribution < -0.4 is 4.74 Å². The van der Waals surface area contributed by atoms with Crippen LogP contribution in [-0.4, -0.2) is 54.8 Å². The summed E-state index contributed by atoms with van der Waals surface area (Å²) in [6, 6.07) is 23.9. The number of phenols is 1. The second-order valence-corrected chi connectivity index (χ2v) is 8.76. The molecule has 1 aliphatic rings. The Morgan fingerprint density at radius 1 is 1.06 bits per heavy atom. The van der Waals surface area contributed by atoms with Gasteiger partial charge in [0.2, 0.25) is 5.16 Å². The number of hydrazone groups is 1. The van der Waals surface area contributed by atoms with Crippen molar-refractivity contribution in [3.8, 4) is 17.2 Å². The fourth-order valence-corrected chi connectivity index (χ4v) is 4.59. The number of carbonyl (C=O) groups excluding carboxylic acids is 1. The number of amides is 1. The van der Waals surface area contributed by atoms with E-state index in [1.807, 2.05) is 54.6 Å². The zero-order valence-corrected chi connectivity index (χ0v) is 19.7. The van der Waals surface area contributed by atoms with Gasteiger partial charge in [-0.05, 0) is 58.0 Å². The number of benzene rings is 3. The molecule has 0 spiro atoms. The number of hydrogen-bond donors (Lipinski definition) is 1. The van der Waals surface area contributed by atoms with Crippen molar-refractivity contribution in [1.82, 2.24) is 25.2 Å². The SMILES string of the molecule is COc1ccc(C2CC(c3ccccc3)=NN2C(=O)CSc2nnnn2-c2ccc(O)cc2)cc1. The molecule has 1 amide bonds. The van der Waals surface area contributed by atoms with E-state index in [-0.39, 0.29) is 23.5 Å². The van der Waals surface area contributed by atoms with Crippen LogP contribution in [-0.2, 0) is 4.79 Å². The topological polar surface area (TPSA) is 106 Å². The van der Waals surface area contributed by atoms with E-state index in [0.29, 0.717) is 17.3 Å². The minimum absolute atomic E-state index is 0.108. The molecule has 176 valence electrons. The number of phenolic OH excluding ortho intramolecular Hbond substituents is 1. The summed E-state index contributed by atoms with van der Waals surface area (Å²) in [6.07, 6.45) is 0.609. The van der Waals surface area contributed by atoms with Crippen LogP contribution in [0.4, 0.5) is 0 Å². The fourth-order valence-electron chi connectivity index (χ4n) is 3.85. The lowest BCUT2D eigenvalue weighted by Crippen LogP contribution is -2.28. The van der Waals surface area contributed by atoms with Crippen LogP contribution in [0.5, 0.6) is 11.5 Å². The van der Waals surface area contributed by atoms with Crippen molar-refractivity contribution in [2.45, 2.75) is 17.6 Å². The Morgan fingerprint density at radius 2 is 1.80 bits per heavy atom. The normalized spacial score (nSPS) is 15.2. The molecular weight excluding hydrogens is 464 g/mol. The second kappa shape index (κ2) is 9.98. The highest BCUT2D eigenvalue weighted by atomic mass is 32.2.